The van der Waals surface area contributed by atoms with Gasteiger partial charge < -0.3 is 8.92 Å². The third kappa shape index (κ3) is 4.35. The molecule has 0 atom stereocenters. The standard InChI is InChI=1S/C18H14N2O6S2/c1-25-12-5-7-14(8-6-12)28(23,24)26-13-4-2-3-11(9-13)10-15-16(21)19-18(27)20-17(15)22/h2-10H,1H3,(H2,19,20,21,22,27). The van der Waals surface area contributed by atoms with Gasteiger partial charge in [0.2, 0.25) is 0 Å². The number of carbonyl (C=O) groups is 2. The molecule has 1 saturated heterocycles. The smallest absolute Gasteiger partial charge is 0.339 e. The first-order chi connectivity index (χ1) is 13.3. The molecule has 2 aromatic carbocycles. The highest BCUT2D eigenvalue weighted by Crippen LogP contribution is 2.23. The first-order valence-electron chi connectivity index (χ1n) is 7.85. The van der Waals surface area contributed by atoms with Gasteiger partial charge in [0.05, 0.1) is 7.11 Å². The largest absolute Gasteiger partial charge is 0.497 e. The van der Waals surface area contributed by atoms with Crippen LogP contribution in [0.4, 0.5) is 0 Å². The van der Waals surface area contributed by atoms with Crippen LogP contribution in [0.5, 0.6) is 11.5 Å². The quantitative estimate of drug-likeness (QED) is 0.327. The van der Waals surface area contributed by atoms with E-state index >= 15 is 0 Å². The molecule has 2 amide bonds. The average molecular weight is 418 g/mol. The first-order valence-corrected chi connectivity index (χ1v) is 9.67. The summed E-state index contributed by atoms with van der Waals surface area (Å²) >= 11 is 4.73. The normalized spacial score (nSPS) is 14.2. The van der Waals surface area contributed by atoms with Crippen molar-refractivity contribution in [3.63, 3.8) is 0 Å². The number of hydrogen-bond donors (Lipinski definition) is 2. The Morgan fingerprint density at radius 2 is 1.61 bits per heavy atom. The molecule has 3 rings (SSSR count). The molecule has 144 valence electrons. The van der Waals surface area contributed by atoms with Crippen LogP contribution < -0.4 is 19.6 Å². The summed E-state index contributed by atoms with van der Waals surface area (Å²) in [6, 6.07) is 11.7. The molecule has 2 aromatic rings. The summed E-state index contributed by atoms with van der Waals surface area (Å²) in [5.74, 6) is -0.759. The molecule has 1 fully saturated rings. The van der Waals surface area contributed by atoms with Crippen LogP contribution in [-0.4, -0.2) is 32.5 Å². The Bertz CT molecular complexity index is 1070. The van der Waals surface area contributed by atoms with E-state index in [2.05, 4.69) is 10.6 Å². The molecule has 0 bridgehead atoms. The van der Waals surface area contributed by atoms with Crippen molar-refractivity contribution in [2.75, 3.05) is 7.11 Å². The zero-order valence-electron chi connectivity index (χ0n) is 14.5. The summed E-state index contributed by atoms with van der Waals surface area (Å²) in [7, 11) is -2.60. The molecular formula is C18H14N2O6S2. The Labute approximate surface area is 166 Å². The van der Waals surface area contributed by atoms with Gasteiger partial charge in [-0.05, 0) is 60.3 Å². The van der Waals surface area contributed by atoms with Gasteiger partial charge in [0.25, 0.3) is 11.8 Å². The predicted octanol–water partition coefficient (Wildman–Crippen LogP) is 1.38. The van der Waals surface area contributed by atoms with Gasteiger partial charge in [-0.15, -0.1) is 0 Å². The molecule has 0 radical (unpaired) electrons. The number of ether oxygens (including phenoxy) is 1. The van der Waals surface area contributed by atoms with Crippen LogP contribution in [0.25, 0.3) is 6.08 Å². The highest BCUT2D eigenvalue weighted by Gasteiger charge is 2.25. The van der Waals surface area contributed by atoms with Crippen LogP contribution in [-0.2, 0) is 19.7 Å². The topological polar surface area (TPSA) is 111 Å². The van der Waals surface area contributed by atoms with Crippen molar-refractivity contribution in [3.8, 4) is 11.5 Å². The van der Waals surface area contributed by atoms with Crippen molar-refractivity contribution in [1.82, 2.24) is 10.6 Å². The van der Waals surface area contributed by atoms with Crippen LogP contribution in [0.2, 0.25) is 0 Å². The van der Waals surface area contributed by atoms with Crippen molar-refractivity contribution in [2.45, 2.75) is 4.90 Å². The fourth-order valence-corrected chi connectivity index (χ4v) is 3.45. The van der Waals surface area contributed by atoms with Crippen molar-refractivity contribution < 1.29 is 26.9 Å². The molecule has 1 heterocycles. The van der Waals surface area contributed by atoms with Gasteiger partial charge in [0, 0.05) is 0 Å². The Kier molecular flexibility index (Phi) is 5.43. The van der Waals surface area contributed by atoms with Crippen molar-refractivity contribution in [2.24, 2.45) is 0 Å². The van der Waals surface area contributed by atoms with Crippen LogP contribution in [0.1, 0.15) is 5.56 Å². The second-order valence-corrected chi connectivity index (χ2v) is 7.54. The Morgan fingerprint density at radius 3 is 2.21 bits per heavy atom. The third-order valence-electron chi connectivity index (χ3n) is 3.67. The van der Waals surface area contributed by atoms with E-state index in [1.807, 2.05) is 0 Å². The van der Waals surface area contributed by atoms with E-state index in [1.54, 1.807) is 6.07 Å². The fourth-order valence-electron chi connectivity index (χ4n) is 2.35. The lowest BCUT2D eigenvalue weighted by atomic mass is 10.1. The van der Waals surface area contributed by atoms with E-state index in [0.717, 1.165) is 0 Å². The third-order valence-corrected chi connectivity index (χ3v) is 5.13. The van der Waals surface area contributed by atoms with Gasteiger partial charge in [0.1, 0.15) is 22.0 Å². The maximum atomic E-state index is 12.4. The SMILES string of the molecule is COc1ccc(S(=O)(=O)Oc2cccc(C=C3C(=O)NC(=S)NC3=O)c2)cc1. The number of thiocarbonyl (C=S) groups is 1. The second kappa shape index (κ2) is 7.79. The summed E-state index contributed by atoms with van der Waals surface area (Å²) in [5.41, 5.74) is 0.235. The Hall–Kier alpha value is -3.24. The van der Waals surface area contributed by atoms with Crippen LogP contribution in [0.3, 0.4) is 0 Å². The lowest BCUT2D eigenvalue weighted by Crippen LogP contribution is -2.51. The van der Waals surface area contributed by atoms with Crippen LogP contribution >= 0.6 is 12.2 Å². The van der Waals surface area contributed by atoms with Crippen molar-refractivity contribution in [3.05, 3.63) is 59.7 Å². The summed E-state index contributed by atoms with van der Waals surface area (Å²) < 4.78 is 35.0. The molecule has 0 saturated carbocycles. The van der Waals surface area contributed by atoms with Gasteiger partial charge in [0.15, 0.2) is 5.11 Å². The number of hydrogen-bond acceptors (Lipinski definition) is 7. The molecular weight excluding hydrogens is 404 g/mol. The lowest BCUT2D eigenvalue weighted by Gasteiger charge is -2.16. The highest BCUT2D eigenvalue weighted by atomic mass is 32.2. The molecule has 1 aliphatic rings. The first kappa shape index (κ1) is 19.5. The van der Waals surface area contributed by atoms with E-state index in [0.29, 0.717) is 11.3 Å². The van der Waals surface area contributed by atoms with Crippen LogP contribution in [0, 0.1) is 0 Å². The van der Waals surface area contributed by atoms with Gasteiger partial charge in [-0.3, -0.25) is 20.2 Å². The summed E-state index contributed by atoms with van der Waals surface area (Å²) in [4.78, 5) is 23.8. The lowest BCUT2D eigenvalue weighted by molar-refractivity contribution is -0.123. The minimum atomic E-state index is -4.07. The minimum absolute atomic E-state index is 0.0253. The maximum Gasteiger partial charge on any atom is 0.339 e. The second-order valence-electron chi connectivity index (χ2n) is 5.58. The van der Waals surface area contributed by atoms with E-state index < -0.39 is 21.9 Å². The number of nitrogens with one attached hydrogen (secondary N) is 2. The van der Waals surface area contributed by atoms with Gasteiger partial charge in [-0.2, -0.15) is 8.42 Å². The predicted molar refractivity (Wildman–Crippen MR) is 104 cm³/mol. The Morgan fingerprint density at radius 1 is 0.964 bits per heavy atom. The molecule has 0 aromatic heterocycles. The zero-order valence-corrected chi connectivity index (χ0v) is 16.1. The molecule has 2 N–H and O–H groups in total. The van der Waals surface area contributed by atoms with E-state index in [-0.39, 0.29) is 21.3 Å². The fraction of sp³-hybridized carbons (Fsp3) is 0.0556. The summed E-state index contributed by atoms with van der Waals surface area (Å²) in [6.45, 7) is 0. The highest BCUT2D eigenvalue weighted by molar-refractivity contribution is 7.87. The van der Waals surface area contributed by atoms with E-state index in [1.165, 1.54) is 55.7 Å². The van der Waals surface area contributed by atoms with Crippen molar-refractivity contribution in [1.29, 1.82) is 0 Å². The number of amides is 2. The monoisotopic (exact) mass is 418 g/mol. The molecule has 8 nitrogen and oxygen atoms in total. The molecule has 10 heteroatoms. The van der Waals surface area contributed by atoms with Crippen LogP contribution in [0.15, 0.2) is 59.0 Å². The number of carbonyl (C=O) groups excluding carboxylic acids is 2. The molecule has 0 unspecified atom stereocenters. The summed E-state index contributed by atoms with van der Waals surface area (Å²) in [6.07, 6.45) is 1.30. The van der Waals surface area contributed by atoms with E-state index in [9.17, 15) is 18.0 Å². The average Bonchev–Trinajstić information content (AvgIpc) is 2.64. The number of methoxy groups -OCH3 is 1. The molecule has 1 aliphatic heterocycles. The zero-order chi connectivity index (χ0) is 20.3. The maximum absolute atomic E-state index is 12.4. The summed E-state index contributed by atoms with van der Waals surface area (Å²) in [5, 5.41) is 4.56. The number of rotatable bonds is 5. The minimum Gasteiger partial charge on any atom is -0.497 e. The van der Waals surface area contributed by atoms with Crippen molar-refractivity contribution >= 4 is 45.3 Å². The van der Waals surface area contributed by atoms with Gasteiger partial charge >= 0.3 is 10.1 Å². The molecule has 0 aliphatic carbocycles. The van der Waals surface area contributed by atoms with E-state index in [4.69, 9.17) is 21.1 Å². The number of benzene rings is 2. The Balaban J connectivity index is 1.85. The molecule has 28 heavy (non-hydrogen) atoms. The van der Waals surface area contributed by atoms with Gasteiger partial charge in [-0.25, -0.2) is 0 Å². The molecule has 0 spiro atoms. The van der Waals surface area contributed by atoms with Gasteiger partial charge in [-0.1, -0.05) is 12.1 Å².